The third kappa shape index (κ3) is 6.16. The van der Waals surface area contributed by atoms with Crippen LogP contribution < -0.4 is 5.32 Å². The van der Waals surface area contributed by atoms with E-state index >= 15 is 0 Å². The Labute approximate surface area is 96.4 Å². The molecule has 0 rings (SSSR count). The molecule has 0 radical (unpaired) electrons. The summed E-state index contributed by atoms with van der Waals surface area (Å²) in [5.41, 5.74) is 0. The Morgan fingerprint density at radius 3 is 2.07 bits per heavy atom. The van der Waals surface area contributed by atoms with Gasteiger partial charge in [-0.15, -0.1) is 0 Å². The molecule has 2 unspecified atom stereocenters. The van der Waals surface area contributed by atoms with E-state index in [-0.39, 0.29) is 0 Å². The van der Waals surface area contributed by atoms with Gasteiger partial charge in [-0.1, -0.05) is 41.0 Å². The van der Waals surface area contributed by atoms with Crippen molar-refractivity contribution in [2.75, 3.05) is 26.2 Å². The highest BCUT2D eigenvalue weighted by Crippen LogP contribution is 2.11. The summed E-state index contributed by atoms with van der Waals surface area (Å²) in [6, 6.07) is 0.695. The number of hydrogen-bond donors (Lipinski definition) is 1. The Kier molecular flexibility index (Phi) is 9.12. The van der Waals surface area contributed by atoms with Crippen molar-refractivity contribution in [3.05, 3.63) is 0 Å². The largest absolute Gasteiger partial charge is 0.314 e. The molecule has 0 saturated carbocycles. The molecule has 2 heteroatoms. The molecule has 0 bridgehead atoms. The monoisotopic (exact) mass is 214 g/mol. The van der Waals surface area contributed by atoms with Gasteiger partial charge in [0.25, 0.3) is 0 Å². The predicted octanol–water partition coefficient (Wildman–Crippen LogP) is 2.74. The summed E-state index contributed by atoms with van der Waals surface area (Å²) in [7, 11) is 0. The highest BCUT2D eigenvalue weighted by molar-refractivity contribution is 4.73. The standard InChI is InChI=1S/C13H30N2/c1-6-12(5)13(14-7-2)10-11-15(8-3)9-4/h12-14H,6-11H2,1-5H3. The van der Waals surface area contributed by atoms with Gasteiger partial charge >= 0.3 is 0 Å². The third-order valence-electron chi connectivity index (χ3n) is 3.45. The van der Waals surface area contributed by atoms with E-state index in [1.54, 1.807) is 0 Å². The molecule has 0 aliphatic heterocycles. The molecule has 0 aliphatic rings. The van der Waals surface area contributed by atoms with Crippen LogP contribution in [-0.4, -0.2) is 37.1 Å². The van der Waals surface area contributed by atoms with Crippen LogP contribution in [0.15, 0.2) is 0 Å². The van der Waals surface area contributed by atoms with Crippen molar-refractivity contribution in [2.24, 2.45) is 5.92 Å². The quantitative estimate of drug-likeness (QED) is 0.635. The Hall–Kier alpha value is -0.0800. The minimum atomic E-state index is 0.695. The van der Waals surface area contributed by atoms with Gasteiger partial charge in [0.15, 0.2) is 0 Å². The fourth-order valence-electron chi connectivity index (χ4n) is 2.00. The third-order valence-corrected chi connectivity index (χ3v) is 3.45. The summed E-state index contributed by atoms with van der Waals surface area (Å²) in [4.78, 5) is 2.51. The Morgan fingerprint density at radius 1 is 1.07 bits per heavy atom. The van der Waals surface area contributed by atoms with Crippen molar-refractivity contribution in [3.63, 3.8) is 0 Å². The lowest BCUT2D eigenvalue weighted by Gasteiger charge is -2.27. The van der Waals surface area contributed by atoms with E-state index in [1.165, 1.54) is 32.5 Å². The van der Waals surface area contributed by atoms with Crippen LogP contribution in [0.5, 0.6) is 0 Å². The van der Waals surface area contributed by atoms with Gasteiger partial charge in [0.2, 0.25) is 0 Å². The summed E-state index contributed by atoms with van der Waals surface area (Å²) in [5, 5.41) is 3.61. The number of rotatable bonds is 9. The molecule has 2 atom stereocenters. The molecular formula is C13H30N2. The number of nitrogens with zero attached hydrogens (tertiary/aromatic N) is 1. The van der Waals surface area contributed by atoms with Gasteiger partial charge in [0.05, 0.1) is 0 Å². The van der Waals surface area contributed by atoms with E-state index in [0.717, 1.165) is 12.5 Å². The first kappa shape index (κ1) is 14.9. The lowest BCUT2D eigenvalue weighted by molar-refractivity contribution is 0.257. The average Bonchev–Trinajstić information content (AvgIpc) is 2.27. The molecule has 0 aromatic heterocycles. The van der Waals surface area contributed by atoms with E-state index < -0.39 is 0 Å². The molecule has 1 N–H and O–H groups in total. The van der Waals surface area contributed by atoms with Crippen LogP contribution in [0, 0.1) is 5.92 Å². The van der Waals surface area contributed by atoms with Crippen LogP contribution >= 0.6 is 0 Å². The molecule has 0 spiro atoms. The molecule has 0 amide bonds. The fourth-order valence-corrected chi connectivity index (χ4v) is 2.00. The van der Waals surface area contributed by atoms with Gasteiger partial charge in [-0.3, -0.25) is 0 Å². The van der Waals surface area contributed by atoms with E-state index in [2.05, 4.69) is 44.8 Å². The summed E-state index contributed by atoms with van der Waals surface area (Å²) >= 11 is 0. The topological polar surface area (TPSA) is 15.3 Å². The SMILES string of the molecule is CCNC(CCN(CC)CC)C(C)CC. The van der Waals surface area contributed by atoms with Crippen LogP contribution in [0.3, 0.4) is 0 Å². The van der Waals surface area contributed by atoms with Crippen LogP contribution in [-0.2, 0) is 0 Å². The van der Waals surface area contributed by atoms with Gasteiger partial charge in [-0.25, -0.2) is 0 Å². The molecule has 15 heavy (non-hydrogen) atoms. The second-order valence-corrected chi connectivity index (χ2v) is 4.37. The van der Waals surface area contributed by atoms with Crippen molar-refractivity contribution in [1.29, 1.82) is 0 Å². The minimum Gasteiger partial charge on any atom is -0.314 e. The minimum absolute atomic E-state index is 0.695. The maximum Gasteiger partial charge on any atom is 0.0105 e. The van der Waals surface area contributed by atoms with Crippen molar-refractivity contribution < 1.29 is 0 Å². The molecule has 2 nitrogen and oxygen atoms in total. The zero-order valence-electron chi connectivity index (χ0n) is 11.3. The molecular weight excluding hydrogens is 184 g/mol. The normalized spacial score (nSPS) is 15.6. The summed E-state index contributed by atoms with van der Waals surface area (Å²) in [5.74, 6) is 0.792. The first-order chi connectivity index (χ1) is 7.19. The van der Waals surface area contributed by atoms with Crippen LogP contribution in [0.25, 0.3) is 0 Å². The molecule has 0 aliphatic carbocycles. The molecule has 0 aromatic rings. The van der Waals surface area contributed by atoms with Gasteiger partial charge in [-0.2, -0.15) is 0 Å². The van der Waals surface area contributed by atoms with Crippen molar-refractivity contribution in [1.82, 2.24) is 10.2 Å². The second kappa shape index (κ2) is 9.17. The second-order valence-electron chi connectivity index (χ2n) is 4.37. The van der Waals surface area contributed by atoms with E-state index in [9.17, 15) is 0 Å². The Bertz CT molecular complexity index is 132. The van der Waals surface area contributed by atoms with Crippen LogP contribution in [0.1, 0.15) is 47.5 Å². The molecule has 0 heterocycles. The Balaban J connectivity index is 3.93. The summed E-state index contributed by atoms with van der Waals surface area (Å²) in [6.07, 6.45) is 2.56. The highest BCUT2D eigenvalue weighted by atomic mass is 15.1. The van der Waals surface area contributed by atoms with E-state index in [0.29, 0.717) is 6.04 Å². The smallest absolute Gasteiger partial charge is 0.0105 e. The first-order valence-electron chi connectivity index (χ1n) is 6.65. The van der Waals surface area contributed by atoms with Crippen LogP contribution in [0.2, 0.25) is 0 Å². The Morgan fingerprint density at radius 2 is 1.67 bits per heavy atom. The van der Waals surface area contributed by atoms with Gasteiger partial charge in [0.1, 0.15) is 0 Å². The maximum atomic E-state index is 3.61. The zero-order chi connectivity index (χ0) is 11.7. The number of nitrogens with one attached hydrogen (secondary N) is 1. The van der Waals surface area contributed by atoms with Crippen LogP contribution in [0.4, 0.5) is 0 Å². The van der Waals surface area contributed by atoms with Crippen molar-refractivity contribution >= 4 is 0 Å². The van der Waals surface area contributed by atoms with Crippen molar-refractivity contribution in [2.45, 2.75) is 53.5 Å². The lowest BCUT2D eigenvalue weighted by atomic mass is 9.96. The highest BCUT2D eigenvalue weighted by Gasteiger charge is 2.14. The molecule has 0 saturated heterocycles. The predicted molar refractivity (Wildman–Crippen MR) is 69.3 cm³/mol. The molecule has 0 aromatic carbocycles. The lowest BCUT2D eigenvalue weighted by Crippen LogP contribution is -2.38. The van der Waals surface area contributed by atoms with Gasteiger partial charge in [-0.05, 0) is 38.5 Å². The zero-order valence-corrected chi connectivity index (χ0v) is 11.3. The first-order valence-corrected chi connectivity index (χ1v) is 6.65. The average molecular weight is 214 g/mol. The molecule has 0 fully saturated rings. The van der Waals surface area contributed by atoms with E-state index in [4.69, 9.17) is 0 Å². The van der Waals surface area contributed by atoms with Crippen molar-refractivity contribution in [3.8, 4) is 0 Å². The number of hydrogen-bond acceptors (Lipinski definition) is 2. The molecule has 92 valence electrons. The summed E-state index contributed by atoms with van der Waals surface area (Å²) < 4.78 is 0. The fraction of sp³-hybridized carbons (Fsp3) is 1.00. The van der Waals surface area contributed by atoms with Gasteiger partial charge in [0, 0.05) is 6.04 Å². The van der Waals surface area contributed by atoms with Gasteiger partial charge < -0.3 is 10.2 Å². The maximum absolute atomic E-state index is 3.61. The van der Waals surface area contributed by atoms with E-state index in [1.807, 2.05) is 0 Å². The summed E-state index contributed by atoms with van der Waals surface area (Å²) in [6.45, 7) is 16.0.